The van der Waals surface area contributed by atoms with E-state index in [-0.39, 0.29) is 0 Å². The van der Waals surface area contributed by atoms with Crippen LogP contribution in [0.15, 0.2) is 36.5 Å². The first-order chi connectivity index (χ1) is 5.90. The summed E-state index contributed by atoms with van der Waals surface area (Å²) >= 11 is 0. The van der Waals surface area contributed by atoms with E-state index in [4.69, 9.17) is 0 Å². The molecule has 1 radical (unpaired) electrons. The smallest absolute Gasteiger partial charge is 0.233 e. The molecule has 0 fully saturated rings. The highest BCUT2D eigenvalue weighted by atomic mass is 16.1. The Balaban J connectivity index is 2.75. The zero-order valence-electron chi connectivity index (χ0n) is 6.32. The Bertz CT molecular complexity index is 423. The monoisotopic (exact) mass is 156 g/mol. The molecule has 0 saturated heterocycles. The van der Waals surface area contributed by atoms with Crippen molar-refractivity contribution < 1.29 is 4.79 Å². The average molecular weight is 156 g/mol. The van der Waals surface area contributed by atoms with Crippen LogP contribution in [-0.4, -0.2) is 11.3 Å². The van der Waals surface area contributed by atoms with Gasteiger partial charge in [-0.25, -0.2) is 0 Å². The van der Waals surface area contributed by atoms with Gasteiger partial charge in [-0.15, -0.1) is 0 Å². The van der Waals surface area contributed by atoms with Crippen molar-refractivity contribution in [2.24, 2.45) is 0 Å². The van der Waals surface area contributed by atoms with Crippen LogP contribution in [0, 0.1) is 0 Å². The summed E-state index contributed by atoms with van der Waals surface area (Å²) in [6.45, 7) is 0. The average Bonchev–Trinajstić information content (AvgIpc) is 2.17. The molecule has 0 aliphatic rings. The minimum atomic E-state index is 0.543. The summed E-state index contributed by atoms with van der Waals surface area (Å²) in [4.78, 5) is 14.4. The van der Waals surface area contributed by atoms with E-state index in [1.165, 1.54) is 0 Å². The van der Waals surface area contributed by atoms with Crippen molar-refractivity contribution in [2.45, 2.75) is 0 Å². The first-order valence-corrected chi connectivity index (χ1v) is 3.63. The van der Waals surface area contributed by atoms with Gasteiger partial charge in [0.2, 0.25) is 6.29 Å². The lowest BCUT2D eigenvalue weighted by molar-refractivity contribution is 0.563. The summed E-state index contributed by atoms with van der Waals surface area (Å²) in [6.07, 6.45) is 3.53. The predicted molar refractivity (Wildman–Crippen MR) is 46.5 cm³/mol. The van der Waals surface area contributed by atoms with Gasteiger partial charge in [0.25, 0.3) is 0 Å². The molecule has 1 aromatic carbocycles. The van der Waals surface area contributed by atoms with Gasteiger partial charge in [-0.1, -0.05) is 18.2 Å². The molecule has 1 heterocycles. The van der Waals surface area contributed by atoms with Gasteiger partial charge < -0.3 is 0 Å². The molecule has 2 heteroatoms. The summed E-state index contributed by atoms with van der Waals surface area (Å²) in [5.41, 5.74) is 1.37. The van der Waals surface area contributed by atoms with Gasteiger partial charge >= 0.3 is 0 Å². The number of aromatic nitrogens is 1. The van der Waals surface area contributed by atoms with Crippen molar-refractivity contribution in [2.75, 3.05) is 0 Å². The van der Waals surface area contributed by atoms with Gasteiger partial charge in [0, 0.05) is 17.1 Å². The fourth-order valence-electron chi connectivity index (χ4n) is 1.13. The SMILES string of the molecule is O=[C]c1ccc2cccnc2c1. The molecule has 12 heavy (non-hydrogen) atoms. The van der Waals surface area contributed by atoms with E-state index < -0.39 is 0 Å². The minimum Gasteiger partial charge on any atom is -0.285 e. The minimum absolute atomic E-state index is 0.543. The molecule has 57 valence electrons. The fourth-order valence-corrected chi connectivity index (χ4v) is 1.13. The Hall–Kier alpha value is -1.70. The third-order valence-corrected chi connectivity index (χ3v) is 1.72. The second-order valence-electron chi connectivity index (χ2n) is 2.51. The molecule has 0 saturated carbocycles. The van der Waals surface area contributed by atoms with E-state index in [1.54, 1.807) is 18.3 Å². The molecule has 2 aromatic rings. The molecule has 0 bridgehead atoms. The molecule has 0 amide bonds. The predicted octanol–water partition coefficient (Wildman–Crippen LogP) is 1.69. The summed E-state index contributed by atoms with van der Waals surface area (Å²) in [5, 5.41) is 1.04. The number of rotatable bonds is 1. The van der Waals surface area contributed by atoms with Crippen LogP contribution in [0.3, 0.4) is 0 Å². The highest BCUT2D eigenvalue weighted by Gasteiger charge is 1.94. The number of hydrogen-bond donors (Lipinski definition) is 0. The Morgan fingerprint density at radius 1 is 1.25 bits per heavy atom. The lowest BCUT2D eigenvalue weighted by Gasteiger charge is -1.94. The number of nitrogens with zero attached hydrogens (tertiary/aromatic N) is 1. The van der Waals surface area contributed by atoms with Crippen molar-refractivity contribution in [1.29, 1.82) is 0 Å². The van der Waals surface area contributed by atoms with Gasteiger partial charge in [0.1, 0.15) is 0 Å². The number of carbonyl (C=O) groups excluding carboxylic acids is 1. The molecular formula is C10H6NO. The standard InChI is InChI=1S/C10H6NO/c12-7-8-3-4-9-2-1-5-11-10(9)6-8/h1-6H. The summed E-state index contributed by atoms with van der Waals surface area (Å²) in [5.74, 6) is 0. The lowest BCUT2D eigenvalue weighted by Crippen LogP contribution is -1.82. The van der Waals surface area contributed by atoms with E-state index >= 15 is 0 Å². The van der Waals surface area contributed by atoms with E-state index in [1.807, 2.05) is 24.5 Å². The van der Waals surface area contributed by atoms with Crippen LogP contribution >= 0.6 is 0 Å². The van der Waals surface area contributed by atoms with Crippen LogP contribution in [0.4, 0.5) is 0 Å². The van der Waals surface area contributed by atoms with Crippen LogP contribution in [0.2, 0.25) is 0 Å². The van der Waals surface area contributed by atoms with Gasteiger partial charge in [-0.2, -0.15) is 0 Å². The maximum absolute atomic E-state index is 10.3. The molecule has 0 aliphatic heterocycles. The van der Waals surface area contributed by atoms with Gasteiger partial charge in [-0.3, -0.25) is 9.78 Å². The van der Waals surface area contributed by atoms with Gasteiger partial charge in [-0.05, 0) is 12.1 Å². The second-order valence-corrected chi connectivity index (χ2v) is 2.51. The first kappa shape index (κ1) is 6.98. The molecular weight excluding hydrogens is 150 g/mol. The van der Waals surface area contributed by atoms with Crippen LogP contribution in [0.25, 0.3) is 10.9 Å². The van der Waals surface area contributed by atoms with E-state index in [0.717, 1.165) is 10.9 Å². The van der Waals surface area contributed by atoms with Crippen molar-refractivity contribution in [1.82, 2.24) is 4.98 Å². The van der Waals surface area contributed by atoms with Crippen molar-refractivity contribution in [3.8, 4) is 0 Å². The highest BCUT2D eigenvalue weighted by molar-refractivity contribution is 5.86. The second kappa shape index (κ2) is 2.74. The van der Waals surface area contributed by atoms with Crippen LogP contribution in [0.1, 0.15) is 5.56 Å². The Kier molecular flexibility index (Phi) is 1.59. The lowest BCUT2D eigenvalue weighted by atomic mass is 10.1. The Morgan fingerprint density at radius 2 is 2.17 bits per heavy atom. The van der Waals surface area contributed by atoms with Crippen molar-refractivity contribution >= 4 is 17.2 Å². The number of benzene rings is 1. The topological polar surface area (TPSA) is 30.0 Å². The van der Waals surface area contributed by atoms with Crippen molar-refractivity contribution in [3.63, 3.8) is 0 Å². The first-order valence-electron chi connectivity index (χ1n) is 3.63. The maximum atomic E-state index is 10.3. The van der Waals surface area contributed by atoms with E-state index in [9.17, 15) is 4.79 Å². The Labute approximate surface area is 69.9 Å². The van der Waals surface area contributed by atoms with Gasteiger partial charge in [0.05, 0.1) is 5.52 Å². The third kappa shape index (κ3) is 1.07. The normalized spacial score (nSPS) is 10.0. The molecule has 0 atom stereocenters. The molecule has 2 nitrogen and oxygen atoms in total. The maximum Gasteiger partial charge on any atom is 0.233 e. The van der Waals surface area contributed by atoms with Crippen molar-refractivity contribution in [3.05, 3.63) is 42.1 Å². The molecule has 0 N–H and O–H groups in total. The van der Waals surface area contributed by atoms with Crippen LogP contribution in [0.5, 0.6) is 0 Å². The Morgan fingerprint density at radius 3 is 3.00 bits per heavy atom. The van der Waals surface area contributed by atoms with E-state index in [2.05, 4.69) is 4.98 Å². The van der Waals surface area contributed by atoms with Crippen LogP contribution < -0.4 is 0 Å². The highest BCUT2D eigenvalue weighted by Crippen LogP contribution is 2.11. The molecule has 1 aromatic heterocycles. The molecule has 0 aliphatic carbocycles. The zero-order chi connectivity index (χ0) is 8.39. The summed E-state index contributed by atoms with van der Waals surface area (Å²) in [6, 6.07) is 9.14. The molecule has 0 spiro atoms. The van der Waals surface area contributed by atoms with Gasteiger partial charge in [0.15, 0.2) is 0 Å². The fraction of sp³-hybridized carbons (Fsp3) is 0. The third-order valence-electron chi connectivity index (χ3n) is 1.72. The number of fused-ring (bicyclic) bond motifs is 1. The zero-order valence-corrected chi connectivity index (χ0v) is 6.32. The quantitative estimate of drug-likeness (QED) is 0.628. The number of pyridine rings is 1. The largest absolute Gasteiger partial charge is 0.285 e. The molecule has 0 unspecified atom stereocenters. The summed E-state index contributed by atoms with van der Waals surface area (Å²) in [7, 11) is 0. The van der Waals surface area contributed by atoms with Crippen LogP contribution in [-0.2, 0) is 4.79 Å². The van der Waals surface area contributed by atoms with E-state index in [0.29, 0.717) is 5.56 Å². The molecule has 2 rings (SSSR count). The summed E-state index contributed by atoms with van der Waals surface area (Å²) < 4.78 is 0. The number of hydrogen-bond acceptors (Lipinski definition) is 2.